The molecule has 0 atom stereocenters. The van der Waals surface area contributed by atoms with Crippen molar-refractivity contribution in [3.05, 3.63) is 17.0 Å². The van der Waals surface area contributed by atoms with Gasteiger partial charge in [-0.25, -0.2) is 0 Å². The zero-order valence-corrected chi connectivity index (χ0v) is 7.53. The second-order valence-corrected chi connectivity index (χ2v) is 2.58. The number of aryl methyl sites for hydroxylation is 2. The molecule has 0 saturated carbocycles. The van der Waals surface area contributed by atoms with E-state index in [1.54, 1.807) is 4.68 Å². The highest BCUT2D eigenvalue weighted by molar-refractivity contribution is 6.30. The monoisotopic (exact) mass is 168 g/mol. The molecule has 0 aromatic carbocycles. The molecule has 1 rings (SSSR count). The van der Waals surface area contributed by atoms with Crippen LogP contribution < -0.4 is 0 Å². The predicted molar refractivity (Wildman–Crippen MR) is 45.4 cm³/mol. The van der Waals surface area contributed by atoms with Crippen molar-refractivity contribution in [3.63, 3.8) is 0 Å². The van der Waals surface area contributed by atoms with Crippen LogP contribution in [0.25, 0.3) is 0 Å². The van der Waals surface area contributed by atoms with Crippen molar-refractivity contribution in [2.45, 2.75) is 13.8 Å². The van der Waals surface area contributed by atoms with Gasteiger partial charge in [0.2, 0.25) is 0 Å². The van der Waals surface area contributed by atoms with Gasteiger partial charge in [0.25, 0.3) is 0 Å². The SMILES string of the molecule is Cc1nn(C)c(C)c1C#CCl. The molecule has 3 heteroatoms. The fraction of sp³-hybridized carbons (Fsp3) is 0.375. The minimum Gasteiger partial charge on any atom is -0.271 e. The molecule has 0 aliphatic heterocycles. The van der Waals surface area contributed by atoms with Crippen molar-refractivity contribution in [1.82, 2.24) is 9.78 Å². The van der Waals surface area contributed by atoms with Crippen LogP contribution in [0, 0.1) is 25.1 Å². The van der Waals surface area contributed by atoms with Crippen LogP contribution in [-0.2, 0) is 7.05 Å². The standard InChI is InChI=1S/C8H9ClN2/c1-6-8(4-5-9)7(2)11(3)10-6/h1-3H3. The van der Waals surface area contributed by atoms with E-state index in [1.165, 1.54) is 0 Å². The molecule has 0 aliphatic carbocycles. The van der Waals surface area contributed by atoms with Gasteiger partial charge in [0.1, 0.15) is 0 Å². The lowest BCUT2D eigenvalue weighted by atomic mass is 10.2. The summed E-state index contributed by atoms with van der Waals surface area (Å²) in [6, 6.07) is 0. The Morgan fingerprint density at radius 1 is 1.45 bits per heavy atom. The molecule has 0 amide bonds. The second-order valence-electron chi connectivity index (χ2n) is 2.39. The highest BCUT2D eigenvalue weighted by Gasteiger charge is 2.05. The fourth-order valence-corrected chi connectivity index (χ4v) is 1.10. The highest BCUT2D eigenvalue weighted by Crippen LogP contribution is 2.09. The molecule has 0 fully saturated rings. The molecular formula is C8H9ClN2. The molecular weight excluding hydrogens is 160 g/mol. The van der Waals surface area contributed by atoms with Crippen LogP contribution >= 0.6 is 11.6 Å². The van der Waals surface area contributed by atoms with Crippen molar-refractivity contribution in [2.75, 3.05) is 0 Å². The Morgan fingerprint density at radius 2 is 2.09 bits per heavy atom. The molecule has 0 aliphatic rings. The molecule has 58 valence electrons. The Balaban J connectivity index is 3.30. The van der Waals surface area contributed by atoms with Gasteiger partial charge in [-0.05, 0) is 31.4 Å². The summed E-state index contributed by atoms with van der Waals surface area (Å²) in [4.78, 5) is 0. The van der Waals surface area contributed by atoms with Crippen molar-refractivity contribution in [1.29, 1.82) is 0 Å². The van der Waals surface area contributed by atoms with E-state index in [0.717, 1.165) is 17.0 Å². The summed E-state index contributed by atoms with van der Waals surface area (Å²) in [5.41, 5.74) is 2.91. The largest absolute Gasteiger partial charge is 0.271 e. The quantitative estimate of drug-likeness (QED) is 0.538. The van der Waals surface area contributed by atoms with E-state index >= 15 is 0 Å². The topological polar surface area (TPSA) is 17.8 Å². The van der Waals surface area contributed by atoms with E-state index < -0.39 is 0 Å². The van der Waals surface area contributed by atoms with Gasteiger partial charge >= 0.3 is 0 Å². The van der Waals surface area contributed by atoms with Gasteiger partial charge in [-0.2, -0.15) is 5.10 Å². The molecule has 2 nitrogen and oxygen atoms in total. The van der Waals surface area contributed by atoms with Crippen molar-refractivity contribution < 1.29 is 0 Å². The summed E-state index contributed by atoms with van der Waals surface area (Å²) in [5.74, 6) is 2.80. The van der Waals surface area contributed by atoms with Gasteiger partial charge < -0.3 is 0 Å². The fourth-order valence-electron chi connectivity index (χ4n) is 1.00. The van der Waals surface area contributed by atoms with Crippen LogP contribution in [0.5, 0.6) is 0 Å². The van der Waals surface area contributed by atoms with Crippen molar-refractivity contribution >= 4 is 11.6 Å². The molecule has 0 radical (unpaired) electrons. The molecule has 0 spiro atoms. The van der Waals surface area contributed by atoms with Crippen LogP contribution in [0.2, 0.25) is 0 Å². The Hall–Kier alpha value is -0.940. The van der Waals surface area contributed by atoms with Crippen LogP contribution in [0.15, 0.2) is 0 Å². The summed E-state index contributed by atoms with van der Waals surface area (Å²) in [5, 5.41) is 6.53. The maximum Gasteiger partial charge on any atom is 0.0753 e. The lowest BCUT2D eigenvalue weighted by Crippen LogP contribution is -1.92. The number of rotatable bonds is 0. The minimum absolute atomic E-state index is 0.929. The highest BCUT2D eigenvalue weighted by atomic mass is 35.5. The molecule has 0 saturated heterocycles. The first-order chi connectivity index (χ1) is 5.16. The maximum atomic E-state index is 5.29. The minimum atomic E-state index is 0.929. The molecule has 1 heterocycles. The first kappa shape index (κ1) is 8.16. The number of hydrogen-bond acceptors (Lipinski definition) is 1. The average Bonchev–Trinajstić information content (AvgIpc) is 2.17. The molecule has 1 aromatic heterocycles. The number of hydrogen-bond donors (Lipinski definition) is 0. The van der Waals surface area contributed by atoms with Gasteiger partial charge in [0.15, 0.2) is 0 Å². The summed E-state index contributed by atoms with van der Waals surface area (Å²) in [6.07, 6.45) is 0. The second kappa shape index (κ2) is 2.98. The van der Waals surface area contributed by atoms with E-state index in [2.05, 4.69) is 16.4 Å². The zero-order chi connectivity index (χ0) is 8.43. The summed E-state index contributed by atoms with van der Waals surface area (Å²) in [7, 11) is 1.89. The Bertz CT molecular complexity index is 328. The molecule has 1 aromatic rings. The average molecular weight is 169 g/mol. The Labute approximate surface area is 71.2 Å². The maximum absolute atomic E-state index is 5.29. The summed E-state index contributed by atoms with van der Waals surface area (Å²) >= 11 is 5.29. The Morgan fingerprint density at radius 3 is 2.45 bits per heavy atom. The van der Waals surface area contributed by atoms with E-state index in [0.29, 0.717) is 0 Å². The van der Waals surface area contributed by atoms with Crippen LogP contribution in [0.4, 0.5) is 0 Å². The van der Waals surface area contributed by atoms with Gasteiger partial charge in [0.05, 0.1) is 17.0 Å². The number of halogens is 1. The van der Waals surface area contributed by atoms with E-state index in [-0.39, 0.29) is 0 Å². The molecule has 0 unspecified atom stereocenters. The van der Waals surface area contributed by atoms with Gasteiger partial charge in [-0.1, -0.05) is 0 Å². The first-order valence-corrected chi connectivity index (χ1v) is 3.66. The summed E-state index contributed by atoms with van der Waals surface area (Å²) in [6.45, 7) is 3.89. The van der Waals surface area contributed by atoms with Crippen LogP contribution in [0.3, 0.4) is 0 Å². The third-order valence-electron chi connectivity index (χ3n) is 1.68. The summed E-state index contributed by atoms with van der Waals surface area (Å²) < 4.78 is 1.80. The lowest BCUT2D eigenvalue weighted by molar-refractivity contribution is 0.731. The smallest absolute Gasteiger partial charge is 0.0753 e. The van der Waals surface area contributed by atoms with Gasteiger partial charge in [-0.15, -0.1) is 0 Å². The van der Waals surface area contributed by atoms with Crippen molar-refractivity contribution in [2.24, 2.45) is 7.05 Å². The van der Waals surface area contributed by atoms with Crippen molar-refractivity contribution in [3.8, 4) is 11.3 Å². The van der Waals surface area contributed by atoms with Crippen LogP contribution in [0.1, 0.15) is 17.0 Å². The Kier molecular flexibility index (Phi) is 2.21. The van der Waals surface area contributed by atoms with E-state index in [9.17, 15) is 0 Å². The predicted octanol–water partition coefficient (Wildman–Crippen LogP) is 1.58. The van der Waals surface area contributed by atoms with E-state index in [1.807, 2.05) is 20.9 Å². The van der Waals surface area contributed by atoms with Gasteiger partial charge in [-0.3, -0.25) is 4.68 Å². The third kappa shape index (κ3) is 1.38. The van der Waals surface area contributed by atoms with Gasteiger partial charge in [0, 0.05) is 12.4 Å². The number of aromatic nitrogens is 2. The number of nitrogens with zero attached hydrogens (tertiary/aromatic N) is 2. The molecule has 0 bridgehead atoms. The first-order valence-electron chi connectivity index (χ1n) is 3.28. The third-order valence-corrected chi connectivity index (χ3v) is 1.78. The normalized spacial score (nSPS) is 9.09. The van der Waals surface area contributed by atoms with E-state index in [4.69, 9.17) is 11.6 Å². The zero-order valence-electron chi connectivity index (χ0n) is 6.77. The molecule has 0 N–H and O–H groups in total. The van der Waals surface area contributed by atoms with Crippen LogP contribution in [-0.4, -0.2) is 9.78 Å². The molecule has 11 heavy (non-hydrogen) atoms. The lowest BCUT2D eigenvalue weighted by Gasteiger charge is -1.90.